The maximum atomic E-state index is 12.4. The molecule has 2 aromatic rings. The van der Waals surface area contributed by atoms with Gasteiger partial charge in [-0.3, -0.25) is 4.79 Å². The third kappa shape index (κ3) is 5.83. The number of hydrogen-bond donors (Lipinski definition) is 1. The molecule has 4 nitrogen and oxygen atoms in total. The van der Waals surface area contributed by atoms with E-state index in [9.17, 15) is 10.1 Å². The van der Waals surface area contributed by atoms with Crippen molar-refractivity contribution in [1.82, 2.24) is 5.32 Å². The summed E-state index contributed by atoms with van der Waals surface area (Å²) in [4.78, 5) is 12.4. The maximum Gasteiger partial charge on any atom is 0.262 e. The zero-order valence-corrected chi connectivity index (χ0v) is 18.9. The number of carbonyl (C=O) groups is 1. The number of nitriles is 1. The Bertz CT molecular complexity index is 1000. The van der Waals surface area contributed by atoms with Crippen molar-refractivity contribution < 1.29 is 9.53 Å². The van der Waals surface area contributed by atoms with E-state index in [4.69, 9.17) is 51.1 Å². The second kappa shape index (κ2) is 10.4. The molecule has 156 valence electrons. The Balaban J connectivity index is 1.74. The van der Waals surface area contributed by atoms with Crippen molar-refractivity contribution in [3.05, 3.63) is 67.1 Å². The molecule has 30 heavy (non-hydrogen) atoms. The van der Waals surface area contributed by atoms with Gasteiger partial charge in [-0.05, 0) is 54.3 Å². The largest absolute Gasteiger partial charge is 0.486 e. The number of rotatable bonds is 6. The van der Waals surface area contributed by atoms with Crippen LogP contribution < -0.4 is 10.1 Å². The fourth-order valence-corrected chi connectivity index (χ4v) is 4.17. The van der Waals surface area contributed by atoms with Crippen molar-refractivity contribution in [2.45, 2.75) is 38.3 Å². The molecule has 2 aromatic carbocycles. The predicted molar refractivity (Wildman–Crippen MR) is 121 cm³/mol. The highest BCUT2D eigenvalue weighted by atomic mass is 35.5. The minimum atomic E-state index is -0.392. The van der Waals surface area contributed by atoms with E-state index in [0.29, 0.717) is 21.4 Å². The van der Waals surface area contributed by atoms with Gasteiger partial charge in [0.1, 0.15) is 18.2 Å². The van der Waals surface area contributed by atoms with Crippen LogP contribution in [-0.4, -0.2) is 11.9 Å². The van der Waals surface area contributed by atoms with Crippen molar-refractivity contribution in [3.63, 3.8) is 0 Å². The van der Waals surface area contributed by atoms with Gasteiger partial charge < -0.3 is 10.1 Å². The Labute approximate surface area is 195 Å². The summed E-state index contributed by atoms with van der Waals surface area (Å²) in [5.74, 6) is -0.0907. The molecule has 0 radical (unpaired) electrons. The second-order valence-corrected chi connectivity index (χ2v) is 8.60. The first-order valence-corrected chi connectivity index (χ1v) is 10.9. The van der Waals surface area contributed by atoms with Crippen molar-refractivity contribution in [1.29, 1.82) is 5.26 Å². The average Bonchev–Trinajstić information content (AvgIpc) is 3.21. The van der Waals surface area contributed by atoms with Crippen molar-refractivity contribution >= 4 is 58.4 Å². The minimum Gasteiger partial charge on any atom is -0.486 e. The average molecular weight is 484 g/mol. The smallest absolute Gasteiger partial charge is 0.262 e. The topological polar surface area (TPSA) is 62.1 Å². The van der Waals surface area contributed by atoms with E-state index in [1.807, 2.05) is 6.07 Å². The summed E-state index contributed by atoms with van der Waals surface area (Å²) in [6.45, 7) is 0.193. The van der Waals surface area contributed by atoms with Gasteiger partial charge in [0.05, 0.1) is 20.1 Å². The maximum absolute atomic E-state index is 12.4. The van der Waals surface area contributed by atoms with Gasteiger partial charge in [-0.25, -0.2) is 0 Å². The molecule has 0 unspecified atom stereocenters. The zero-order chi connectivity index (χ0) is 21.7. The lowest BCUT2D eigenvalue weighted by molar-refractivity contribution is -0.117. The molecular formula is C22H18Cl4N2O2. The Morgan fingerprint density at radius 1 is 1.07 bits per heavy atom. The number of halogens is 4. The Morgan fingerprint density at radius 2 is 1.73 bits per heavy atom. The van der Waals surface area contributed by atoms with Gasteiger partial charge >= 0.3 is 0 Å². The minimum absolute atomic E-state index is 0.00138. The number of carbonyl (C=O) groups excluding carboxylic acids is 1. The van der Waals surface area contributed by atoms with Gasteiger partial charge in [0.2, 0.25) is 0 Å². The highest BCUT2D eigenvalue weighted by molar-refractivity contribution is 6.42. The van der Waals surface area contributed by atoms with Crippen LogP contribution in [0.1, 0.15) is 36.8 Å². The first kappa shape index (κ1) is 22.8. The molecule has 1 amide bonds. The molecule has 1 aliphatic rings. The molecule has 0 atom stereocenters. The van der Waals surface area contributed by atoms with Crippen LogP contribution in [0.5, 0.6) is 5.75 Å². The number of nitrogens with one attached hydrogen (secondary N) is 1. The van der Waals surface area contributed by atoms with Gasteiger partial charge in [0, 0.05) is 6.04 Å². The number of benzene rings is 2. The fraction of sp³-hybridized carbons (Fsp3) is 0.273. The first-order valence-electron chi connectivity index (χ1n) is 9.36. The number of nitrogens with zero attached hydrogens (tertiary/aromatic N) is 1. The lowest BCUT2D eigenvalue weighted by Crippen LogP contribution is -2.33. The van der Waals surface area contributed by atoms with E-state index in [2.05, 4.69) is 5.32 Å². The van der Waals surface area contributed by atoms with Crippen LogP contribution in [0.4, 0.5) is 0 Å². The highest BCUT2D eigenvalue weighted by Gasteiger charge is 2.19. The van der Waals surface area contributed by atoms with Crippen LogP contribution in [0.15, 0.2) is 35.9 Å². The Kier molecular flexibility index (Phi) is 7.91. The third-order valence-electron chi connectivity index (χ3n) is 4.75. The van der Waals surface area contributed by atoms with E-state index in [1.54, 1.807) is 30.3 Å². The van der Waals surface area contributed by atoms with Gasteiger partial charge in [0.25, 0.3) is 5.91 Å². The molecule has 1 aliphatic carbocycles. The molecule has 0 bridgehead atoms. The van der Waals surface area contributed by atoms with Crippen LogP contribution in [0.2, 0.25) is 20.1 Å². The highest BCUT2D eigenvalue weighted by Crippen LogP contribution is 2.36. The van der Waals surface area contributed by atoms with E-state index in [-0.39, 0.29) is 28.3 Å². The van der Waals surface area contributed by atoms with Gasteiger partial charge in [0.15, 0.2) is 5.75 Å². The molecular weight excluding hydrogens is 466 g/mol. The van der Waals surface area contributed by atoms with Crippen LogP contribution in [0.25, 0.3) is 6.08 Å². The monoisotopic (exact) mass is 482 g/mol. The molecule has 0 spiro atoms. The summed E-state index contributed by atoms with van der Waals surface area (Å²) in [6.07, 6.45) is 5.52. The quantitative estimate of drug-likeness (QED) is 0.361. The lowest BCUT2D eigenvalue weighted by Gasteiger charge is -2.12. The second-order valence-electron chi connectivity index (χ2n) is 6.98. The van der Waals surface area contributed by atoms with Crippen molar-refractivity contribution in [2.24, 2.45) is 0 Å². The Morgan fingerprint density at radius 3 is 2.33 bits per heavy atom. The van der Waals surface area contributed by atoms with Crippen molar-refractivity contribution in [2.75, 3.05) is 0 Å². The molecule has 0 aromatic heterocycles. The summed E-state index contributed by atoms with van der Waals surface area (Å²) in [6, 6.07) is 10.4. The van der Waals surface area contributed by atoms with Crippen LogP contribution in [0, 0.1) is 11.3 Å². The van der Waals surface area contributed by atoms with E-state index in [1.165, 1.54) is 6.08 Å². The molecule has 1 N–H and O–H groups in total. The predicted octanol–water partition coefficient (Wildman–Crippen LogP) is 6.84. The zero-order valence-electron chi connectivity index (χ0n) is 15.9. The van der Waals surface area contributed by atoms with Crippen LogP contribution in [-0.2, 0) is 11.4 Å². The Hall–Kier alpha value is -1.90. The lowest BCUT2D eigenvalue weighted by atomic mass is 10.1. The molecule has 1 fully saturated rings. The van der Waals surface area contributed by atoms with Gasteiger partial charge in [-0.1, -0.05) is 65.3 Å². The molecule has 3 rings (SSSR count). The summed E-state index contributed by atoms with van der Waals surface area (Å²) >= 11 is 24.6. The van der Waals surface area contributed by atoms with Crippen LogP contribution >= 0.6 is 46.4 Å². The molecule has 0 aliphatic heterocycles. The molecule has 1 saturated carbocycles. The molecule has 0 heterocycles. The molecule has 0 saturated heterocycles. The van der Waals surface area contributed by atoms with E-state index < -0.39 is 5.91 Å². The summed E-state index contributed by atoms with van der Waals surface area (Å²) in [5, 5.41) is 13.7. The number of hydrogen-bond acceptors (Lipinski definition) is 3. The summed E-state index contributed by atoms with van der Waals surface area (Å²) in [5.41, 5.74) is 1.33. The molecule has 8 heteroatoms. The number of ether oxygens (including phenoxy) is 1. The third-order valence-corrected chi connectivity index (χ3v) is 6.05. The normalized spacial score (nSPS) is 14.4. The van der Waals surface area contributed by atoms with Gasteiger partial charge in [-0.2, -0.15) is 5.26 Å². The van der Waals surface area contributed by atoms with E-state index >= 15 is 0 Å². The standard InChI is InChI=1S/C22H18Cl4N2O2/c23-17-6-5-13(8-18(17)24)12-30-21-19(25)9-14(10-20(21)26)7-15(11-27)22(29)28-16-3-1-2-4-16/h5-10,16H,1-4,12H2,(H,28,29)/b15-7-. The van der Waals surface area contributed by atoms with Crippen LogP contribution in [0.3, 0.4) is 0 Å². The SMILES string of the molecule is N#C/C(=C/c1cc(Cl)c(OCc2ccc(Cl)c(Cl)c2)c(Cl)c1)C(=O)NC1CCCC1. The fourth-order valence-electron chi connectivity index (χ4n) is 3.23. The first-order chi connectivity index (χ1) is 14.4. The summed E-state index contributed by atoms with van der Waals surface area (Å²) < 4.78 is 5.74. The number of amides is 1. The van der Waals surface area contributed by atoms with Gasteiger partial charge in [-0.15, -0.1) is 0 Å². The van der Waals surface area contributed by atoms with Crippen molar-refractivity contribution in [3.8, 4) is 11.8 Å². The van der Waals surface area contributed by atoms with E-state index in [0.717, 1.165) is 31.2 Å². The summed E-state index contributed by atoms with van der Waals surface area (Å²) in [7, 11) is 0.